The van der Waals surface area contributed by atoms with Crippen LogP contribution in [0.3, 0.4) is 0 Å². The second kappa shape index (κ2) is 6.60. The molecule has 0 saturated heterocycles. The number of aromatic amines is 1. The highest BCUT2D eigenvalue weighted by atomic mass is 32.1. The van der Waals surface area contributed by atoms with E-state index in [1.165, 1.54) is 16.7 Å². The van der Waals surface area contributed by atoms with Gasteiger partial charge in [0.25, 0.3) is 5.56 Å². The van der Waals surface area contributed by atoms with Gasteiger partial charge in [-0.25, -0.2) is 9.78 Å². The van der Waals surface area contributed by atoms with Crippen LogP contribution in [-0.4, -0.2) is 32.2 Å². The van der Waals surface area contributed by atoms with Crippen molar-refractivity contribution in [3.05, 3.63) is 45.0 Å². The number of carbonyl (C=O) groups is 1. The lowest BCUT2D eigenvalue weighted by atomic mass is 9.97. The van der Waals surface area contributed by atoms with Crippen LogP contribution in [0.25, 0.3) is 22.2 Å². The molecule has 9 heteroatoms. The summed E-state index contributed by atoms with van der Waals surface area (Å²) < 4.78 is 6.77. The van der Waals surface area contributed by atoms with Gasteiger partial charge in [-0.2, -0.15) is 0 Å². The van der Waals surface area contributed by atoms with E-state index in [-0.39, 0.29) is 45.1 Å². The van der Waals surface area contributed by atoms with Crippen molar-refractivity contribution < 1.29 is 14.6 Å². The van der Waals surface area contributed by atoms with Crippen LogP contribution >= 0.6 is 12.2 Å². The Morgan fingerprint density at radius 2 is 2.04 bits per heavy atom. The molecule has 2 aromatic heterocycles. The van der Waals surface area contributed by atoms with Crippen molar-refractivity contribution in [2.45, 2.75) is 6.92 Å². The molecule has 0 aliphatic heterocycles. The molecule has 0 aliphatic rings. The lowest BCUT2D eigenvalue weighted by Gasteiger charge is -2.15. The number of nitrogens with two attached hydrogens (primary N) is 1. The van der Waals surface area contributed by atoms with Crippen molar-refractivity contribution >= 4 is 35.0 Å². The van der Waals surface area contributed by atoms with Gasteiger partial charge in [0.15, 0.2) is 10.4 Å². The Hall–Kier alpha value is -3.20. The van der Waals surface area contributed by atoms with Gasteiger partial charge in [-0.3, -0.25) is 9.78 Å². The van der Waals surface area contributed by atoms with E-state index in [0.29, 0.717) is 5.56 Å². The number of nitrogen functional groups attached to an aromatic ring is 1. The number of fused-ring (bicyclic) bond motifs is 1. The van der Waals surface area contributed by atoms with Crippen LogP contribution < -0.4 is 11.3 Å². The maximum absolute atomic E-state index is 12.6. The molecular formula is C17H16N4O4S. The van der Waals surface area contributed by atoms with Gasteiger partial charge in [-0.1, -0.05) is 12.1 Å². The lowest BCUT2D eigenvalue weighted by Crippen LogP contribution is -2.19. The highest BCUT2D eigenvalue weighted by Gasteiger charge is 2.25. The quantitative estimate of drug-likeness (QED) is 0.475. The van der Waals surface area contributed by atoms with Crippen LogP contribution in [0.15, 0.2) is 29.1 Å². The van der Waals surface area contributed by atoms with Gasteiger partial charge in [-0.05, 0) is 36.8 Å². The molecule has 8 nitrogen and oxygen atoms in total. The molecule has 0 saturated carbocycles. The molecule has 0 fully saturated rings. The number of hydrogen-bond acceptors (Lipinski definition) is 7. The number of rotatable bonds is 3. The second-order valence-electron chi connectivity index (χ2n) is 5.53. The summed E-state index contributed by atoms with van der Waals surface area (Å²) in [6, 6.07) is 6.05. The third-order valence-corrected chi connectivity index (χ3v) is 4.29. The summed E-state index contributed by atoms with van der Waals surface area (Å²) >= 11 is 5.12. The normalized spacial score (nSPS) is 10.8. The molecule has 26 heavy (non-hydrogen) atoms. The van der Waals surface area contributed by atoms with Gasteiger partial charge in [0.1, 0.15) is 17.1 Å². The molecule has 0 radical (unpaired) electrons. The molecule has 2 heterocycles. The number of carbonyl (C=O) groups excluding carboxylic acids is 1. The fourth-order valence-electron chi connectivity index (χ4n) is 2.71. The predicted octanol–water partition coefficient (Wildman–Crippen LogP) is 2.12. The molecule has 0 unspecified atom stereocenters. The maximum Gasteiger partial charge on any atom is 0.342 e. The number of hydrogen-bond donors (Lipinski definition) is 3. The number of esters is 1. The molecule has 0 amide bonds. The monoisotopic (exact) mass is 372 g/mol. The maximum atomic E-state index is 12.6. The molecular weight excluding hydrogens is 356 g/mol. The van der Waals surface area contributed by atoms with Gasteiger partial charge >= 0.3 is 5.97 Å². The fraction of sp³-hybridized carbons (Fsp3) is 0.176. The number of aryl methyl sites for hydroxylation is 1. The van der Waals surface area contributed by atoms with Gasteiger partial charge in [-0.15, -0.1) is 0 Å². The number of H-pyrrole nitrogens is 1. The topological polar surface area (TPSA) is 123 Å². The first kappa shape index (κ1) is 17.6. The van der Waals surface area contributed by atoms with Crippen molar-refractivity contribution in [3.8, 4) is 16.9 Å². The molecule has 1 aromatic carbocycles. The SMILES string of the molecule is CCOC(=O)c1c(N)nc2c(c1-c1ccc(O)cc1)c(=O)[nH]c(=S)n2C. The average Bonchev–Trinajstić information content (AvgIpc) is 2.59. The smallest absolute Gasteiger partial charge is 0.342 e. The molecule has 0 aliphatic carbocycles. The number of aromatic hydroxyl groups is 1. The zero-order valence-corrected chi connectivity index (χ0v) is 14.9. The number of pyridine rings is 1. The highest BCUT2D eigenvalue weighted by molar-refractivity contribution is 7.71. The summed E-state index contributed by atoms with van der Waals surface area (Å²) in [5.74, 6) is -0.716. The van der Waals surface area contributed by atoms with Crippen molar-refractivity contribution in [1.29, 1.82) is 0 Å². The van der Waals surface area contributed by atoms with Crippen LogP contribution in [0.2, 0.25) is 0 Å². The van der Waals surface area contributed by atoms with Crippen LogP contribution in [0.5, 0.6) is 5.75 Å². The Bertz CT molecular complexity index is 1130. The molecule has 0 spiro atoms. The number of aromatic nitrogens is 3. The second-order valence-corrected chi connectivity index (χ2v) is 5.92. The zero-order valence-electron chi connectivity index (χ0n) is 14.1. The van der Waals surface area contributed by atoms with Crippen molar-refractivity contribution in [2.75, 3.05) is 12.3 Å². The Balaban J connectivity index is 2.54. The molecule has 0 atom stereocenters. The summed E-state index contributed by atoms with van der Waals surface area (Å²) in [5.41, 5.74) is 6.56. The largest absolute Gasteiger partial charge is 0.508 e. The van der Waals surface area contributed by atoms with E-state index in [1.54, 1.807) is 26.1 Å². The predicted molar refractivity (Wildman–Crippen MR) is 99.6 cm³/mol. The number of phenolic OH excluding ortho intramolecular Hbond substituents is 1. The Morgan fingerprint density at radius 1 is 1.38 bits per heavy atom. The van der Waals surface area contributed by atoms with E-state index in [2.05, 4.69) is 9.97 Å². The standard InChI is InChI=1S/C17H16N4O4S/c1-3-25-16(24)11-10(8-4-6-9(22)7-5-8)12-14(19-13(11)18)21(2)17(26)20-15(12)23/h4-7,22H,3H2,1-2H3,(H2,18,19)(H,20,23,26). The third-order valence-electron chi connectivity index (χ3n) is 3.91. The summed E-state index contributed by atoms with van der Waals surface area (Å²) in [7, 11) is 1.64. The number of anilines is 1. The van der Waals surface area contributed by atoms with Crippen LogP contribution in [-0.2, 0) is 11.8 Å². The summed E-state index contributed by atoms with van der Waals surface area (Å²) in [4.78, 5) is 31.9. The van der Waals surface area contributed by atoms with Crippen LogP contribution in [0, 0.1) is 4.77 Å². The van der Waals surface area contributed by atoms with Gasteiger partial charge < -0.3 is 20.1 Å². The molecule has 4 N–H and O–H groups in total. The summed E-state index contributed by atoms with van der Waals surface area (Å²) in [6.07, 6.45) is 0. The van der Waals surface area contributed by atoms with Gasteiger partial charge in [0.05, 0.1) is 12.0 Å². The van der Waals surface area contributed by atoms with Gasteiger partial charge in [0, 0.05) is 12.6 Å². The summed E-state index contributed by atoms with van der Waals surface area (Å²) in [5, 5.41) is 9.71. The van der Waals surface area contributed by atoms with E-state index in [9.17, 15) is 14.7 Å². The minimum absolute atomic E-state index is 0.00680. The Labute approximate surface area is 152 Å². The van der Waals surface area contributed by atoms with E-state index in [0.717, 1.165) is 0 Å². The highest BCUT2D eigenvalue weighted by Crippen LogP contribution is 2.33. The van der Waals surface area contributed by atoms with E-state index < -0.39 is 11.5 Å². The molecule has 134 valence electrons. The first-order valence-corrected chi connectivity index (χ1v) is 8.15. The number of phenols is 1. The van der Waals surface area contributed by atoms with Crippen molar-refractivity contribution in [3.63, 3.8) is 0 Å². The van der Waals surface area contributed by atoms with E-state index in [4.69, 9.17) is 22.7 Å². The fourth-order valence-corrected chi connectivity index (χ4v) is 2.89. The summed E-state index contributed by atoms with van der Waals surface area (Å²) in [6.45, 7) is 1.81. The third kappa shape index (κ3) is 2.82. The number of nitrogens with zero attached hydrogens (tertiary/aromatic N) is 2. The van der Waals surface area contributed by atoms with Crippen molar-refractivity contribution in [1.82, 2.24) is 14.5 Å². The minimum atomic E-state index is -0.688. The average molecular weight is 372 g/mol. The van der Waals surface area contributed by atoms with Crippen LogP contribution in [0.4, 0.5) is 5.82 Å². The first-order valence-electron chi connectivity index (χ1n) is 7.74. The van der Waals surface area contributed by atoms with E-state index in [1.807, 2.05) is 0 Å². The van der Waals surface area contributed by atoms with Crippen LogP contribution in [0.1, 0.15) is 17.3 Å². The lowest BCUT2D eigenvalue weighted by molar-refractivity contribution is 0.0528. The molecule has 3 rings (SSSR count). The zero-order chi connectivity index (χ0) is 19.0. The van der Waals surface area contributed by atoms with E-state index >= 15 is 0 Å². The van der Waals surface area contributed by atoms with Gasteiger partial charge in [0.2, 0.25) is 0 Å². The number of ether oxygens (including phenoxy) is 1. The number of nitrogens with one attached hydrogen (secondary N) is 1. The Kier molecular flexibility index (Phi) is 4.47. The molecule has 0 bridgehead atoms. The van der Waals surface area contributed by atoms with Crippen molar-refractivity contribution in [2.24, 2.45) is 7.05 Å². The Morgan fingerprint density at radius 3 is 2.65 bits per heavy atom. The molecule has 3 aromatic rings. The number of benzene rings is 1. The minimum Gasteiger partial charge on any atom is -0.508 e. The first-order chi connectivity index (χ1) is 12.3.